The largest absolute Gasteiger partial charge is 0.478 e. The molecule has 0 aliphatic heterocycles. The summed E-state index contributed by atoms with van der Waals surface area (Å²) in [5.74, 6) is -0.889. The van der Waals surface area contributed by atoms with Crippen LogP contribution < -0.4 is 0 Å². The van der Waals surface area contributed by atoms with Crippen molar-refractivity contribution in [3.63, 3.8) is 0 Å². The van der Waals surface area contributed by atoms with E-state index >= 15 is 0 Å². The Morgan fingerprint density at radius 3 is 2.88 bits per heavy atom. The highest BCUT2D eigenvalue weighted by atomic mass is 32.1. The van der Waals surface area contributed by atoms with Gasteiger partial charge in [-0.3, -0.25) is 4.90 Å². The van der Waals surface area contributed by atoms with Crippen LogP contribution in [0.2, 0.25) is 0 Å². The first kappa shape index (κ1) is 12.9. The van der Waals surface area contributed by atoms with Crippen molar-refractivity contribution in [1.29, 1.82) is 0 Å². The molecule has 0 saturated carbocycles. The molecule has 0 unspecified atom stereocenters. The maximum atomic E-state index is 10.4. The third-order valence-corrected chi connectivity index (χ3v) is 3.13. The third-order valence-electron chi connectivity index (χ3n) is 2.27. The van der Waals surface area contributed by atoms with Crippen LogP contribution in [-0.2, 0) is 11.3 Å². The molecular weight excluding hydrogens is 222 g/mol. The first-order chi connectivity index (χ1) is 7.59. The van der Waals surface area contributed by atoms with E-state index in [1.165, 1.54) is 11.0 Å². The molecule has 1 heterocycles. The molecule has 0 radical (unpaired) electrons. The van der Waals surface area contributed by atoms with Crippen molar-refractivity contribution >= 4 is 17.3 Å². The van der Waals surface area contributed by atoms with E-state index < -0.39 is 5.97 Å². The molecule has 16 heavy (non-hydrogen) atoms. The first-order valence-electron chi connectivity index (χ1n) is 5.25. The molecular formula is C12H17NO2S. The lowest BCUT2D eigenvalue weighted by molar-refractivity contribution is -0.131. The van der Waals surface area contributed by atoms with Gasteiger partial charge in [0.1, 0.15) is 0 Å². The molecule has 0 atom stereocenters. The zero-order valence-corrected chi connectivity index (χ0v) is 10.4. The molecule has 1 rings (SSSR count). The lowest BCUT2D eigenvalue weighted by Gasteiger charge is -2.24. The van der Waals surface area contributed by atoms with Gasteiger partial charge < -0.3 is 5.11 Å². The number of carboxylic acids is 1. The quantitative estimate of drug-likeness (QED) is 0.776. The van der Waals surface area contributed by atoms with E-state index in [9.17, 15) is 4.79 Å². The number of nitrogens with zero attached hydrogens (tertiary/aromatic N) is 1. The van der Waals surface area contributed by atoms with Crippen molar-refractivity contribution < 1.29 is 9.90 Å². The van der Waals surface area contributed by atoms with Crippen LogP contribution in [0.1, 0.15) is 18.7 Å². The van der Waals surface area contributed by atoms with E-state index in [1.54, 1.807) is 17.4 Å². The van der Waals surface area contributed by atoms with Crippen LogP contribution in [-0.4, -0.2) is 28.6 Å². The van der Waals surface area contributed by atoms with Gasteiger partial charge in [-0.2, -0.15) is 0 Å². The summed E-state index contributed by atoms with van der Waals surface area (Å²) in [4.78, 5) is 13.9. The van der Waals surface area contributed by atoms with Crippen molar-refractivity contribution in [3.05, 3.63) is 34.5 Å². The molecule has 0 bridgehead atoms. The summed E-state index contributed by atoms with van der Waals surface area (Å²) in [7, 11) is 0. The van der Waals surface area contributed by atoms with Gasteiger partial charge in [0.05, 0.1) is 0 Å². The molecule has 3 nitrogen and oxygen atoms in total. The predicted octanol–water partition coefficient (Wildman–Crippen LogP) is 2.60. The molecule has 0 fully saturated rings. The highest BCUT2D eigenvalue weighted by molar-refractivity contribution is 7.09. The molecule has 0 aliphatic carbocycles. The number of carboxylic acid groups (broad SMARTS) is 1. The Morgan fingerprint density at radius 1 is 1.62 bits per heavy atom. The third kappa shape index (κ3) is 4.59. The Bertz CT molecular complexity index is 344. The van der Waals surface area contributed by atoms with Crippen LogP contribution in [0.15, 0.2) is 29.7 Å². The smallest absolute Gasteiger partial charge is 0.328 e. The lowest BCUT2D eigenvalue weighted by atomic mass is 10.3. The van der Waals surface area contributed by atoms with Gasteiger partial charge in [0, 0.05) is 30.1 Å². The van der Waals surface area contributed by atoms with Gasteiger partial charge in [-0.25, -0.2) is 4.79 Å². The Labute approximate surface area is 100 Å². The molecule has 0 aliphatic rings. The summed E-state index contributed by atoms with van der Waals surface area (Å²) >= 11 is 1.73. The number of carbonyl (C=O) groups is 1. The molecule has 4 heteroatoms. The minimum atomic E-state index is -0.889. The van der Waals surface area contributed by atoms with Crippen LogP contribution >= 0.6 is 11.3 Å². The van der Waals surface area contributed by atoms with Gasteiger partial charge in [0.15, 0.2) is 0 Å². The lowest BCUT2D eigenvalue weighted by Crippen LogP contribution is -2.30. The minimum absolute atomic E-state index is 0.403. The second-order valence-corrected chi connectivity index (χ2v) is 4.88. The number of hydrogen-bond donors (Lipinski definition) is 1. The van der Waals surface area contributed by atoms with Gasteiger partial charge in [-0.1, -0.05) is 12.1 Å². The van der Waals surface area contributed by atoms with Crippen LogP contribution in [0.5, 0.6) is 0 Å². The molecule has 1 N–H and O–H groups in total. The Hall–Kier alpha value is -1.13. The Morgan fingerprint density at radius 2 is 2.38 bits per heavy atom. The normalized spacial score (nSPS) is 11.8. The second kappa shape index (κ2) is 6.45. The maximum Gasteiger partial charge on any atom is 0.328 e. The van der Waals surface area contributed by atoms with E-state index in [0.717, 1.165) is 6.54 Å². The van der Waals surface area contributed by atoms with E-state index in [4.69, 9.17) is 5.11 Å². The number of hydrogen-bond acceptors (Lipinski definition) is 3. The Balaban J connectivity index is 2.51. The zero-order chi connectivity index (χ0) is 12.0. The van der Waals surface area contributed by atoms with Gasteiger partial charge in [-0.05, 0) is 25.3 Å². The molecule has 1 aromatic rings. The summed E-state index contributed by atoms with van der Waals surface area (Å²) in [6.07, 6.45) is 2.89. The van der Waals surface area contributed by atoms with Gasteiger partial charge in [0.25, 0.3) is 0 Å². The van der Waals surface area contributed by atoms with Crippen LogP contribution in [0, 0.1) is 0 Å². The Kier molecular flexibility index (Phi) is 5.22. The van der Waals surface area contributed by atoms with Crippen molar-refractivity contribution in [1.82, 2.24) is 4.90 Å². The number of thiophene rings is 1. The summed E-state index contributed by atoms with van der Waals surface area (Å²) in [6, 6.07) is 4.53. The van der Waals surface area contributed by atoms with E-state index in [2.05, 4.69) is 30.2 Å². The average molecular weight is 239 g/mol. The van der Waals surface area contributed by atoms with Gasteiger partial charge in [-0.15, -0.1) is 11.3 Å². The summed E-state index contributed by atoms with van der Waals surface area (Å²) in [5, 5.41) is 10.6. The second-order valence-electron chi connectivity index (χ2n) is 3.84. The van der Waals surface area contributed by atoms with Crippen LogP contribution in [0.3, 0.4) is 0 Å². The summed E-state index contributed by atoms with van der Waals surface area (Å²) in [5.41, 5.74) is 0. The molecule has 0 aromatic carbocycles. The number of rotatable bonds is 6. The van der Waals surface area contributed by atoms with E-state index in [1.807, 2.05) is 6.07 Å². The monoisotopic (exact) mass is 239 g/mol. The van der Waals surface area contributed by atoms with E-state index in [-0.39, 0.29) is 0 Å². The highest BCUT2D eigenvalue weighted by Gasteiger charge is 2.08. The fourth-order valence-electron chi connectivity index (χ4n) is 1.35. The van der Waals surface area contributed by atoms with E-state index in [0.29, 0.717) is 12.6 Å². The molecule has 0 saturated heterocycles. The molecule has 88 valence electrons. The molecule has 1 aromatic heterocycles. The van der Waals surface area contributed by atoms with Crippen molar-refractivity contribution in [2.75, 3.05) is 6.54 Å². The predicted molar refractivity (Wildman–Crippen MR) is 66.6 cm³/mol. The number of aliphatic carboxylic acids is 1. The SMILES string of the molecule is CC(C)N(CC=CC(=O)O)Cc1cccs1. The van der Waals surface area contributed by atoms with Crippen molar-refractivity contribution in [2.24, 2.45) is 0 Å². The fourth-order valence-corrected chi connectivity index (χ4v) is 2.08. The van der Waals surface area contributed by atoms with Crippen LogP contribution in [0.4, 0.5) is 0 Å². The average Bonchev–Trinajstić information content (AvgIpc) is 2.68. The standard InChI is InChI=1S/C12H17NO2S/c1-10(2)13(7-3-6-12(14)15)9-11-5-4-8-16-11/h3-6,8,10H,7,9H2,1-2H3,(H,14,15). The molecule has 0 spiro atoms. The summed E-state index contributed by atoms with van der Waals surface area (Å²) < 4.78 is 0. The van der Waals surface area contributed by atoms with Gasteiger partial charge >= 0.3 is 5.97 Å². The topological polar surface area (TPSA) is 40.5 Å². The van der Waals surface area contributed by atoms with Crippen molar-refractivity contribution in [2.45, 2.75) is 26.4 Å². The summed E-state index contributed by atoms with van der Waals surface area (Å²) in [6.45, 7) is 5.77. The zero-order valence-electron chi connectivity index (χ0n) is 9.59. The van der Waals surface area contributed by atoms with Crippen LogP contribution in [0.25, 0.3) is 0 Å². The molecule has 0 amide bonds. The van der Waals surface area contributed by atoms with Crippen molar-refractivity contribution in [3.8, 4) is 0 Å². The highest BCUT2D eigenvalue weighted by Crippen LogP contribution is 2.13. The fraction of sp³-hybridized carbons (Fsp3) is 0.417. The first-order valence-corrected chi connectivity index (χ1v) is 6.13. The maximum absolute atomic E-state index is 10.4. The van der Waals surface area contributed by atoms with Gasteiger partial charge in [0.2, 0.25) is 0 Å². The minimum Gasteiger partial charge on any atom is -0.478 e.